The molecule has 0 saturated carbocycles. The SMILES string of the molecule is CC=[N-].CC=[N-].CCO[Si](OCC)OCC.S=S=S=S.S=S=S=S=S.[CH2-]C(C)(C)[PH+](C(C)(C)C)C(C)(C)C.[CH2-]C(C)(C)[PH+](C(C)(C)C)C(C)(C)C.[CH3-].[Pt+2].[Pt]. The third kappa shape index (κ3) is 62.3. The van der Waals surface area contributed by atoms with E-state index in [0.717, 1.165) is 12.4 Å². The molecule has 0 aliphatic rings. The van der Waals surface area contributed by atoms with Crippen molar-refractivity contribution in [2.24, 2.45) is 0 Å². The first kappa shape index (κ1) is 81.5. The number of nitrogens with zero attached hydrogens (tertiary/aromatic N) is 2. The van der Waals surface area contributed by atoms with Gasteiger partial charge in [-0.05, 0) is 130 Å². The van der Waals surface area contributed by atoms with Crippen LogP contribution in [0.1, 0.15) is 145 Å². The maximum atomic E-state index is 7.44. The van der Waals surface area contributed by atoms with Gasteiger partial charge in [0.1, 0.15) is 0 Å². The normalized spacial score (nSPS) is 10.7. The van der Waals surface area contributed by atoms with Crippen LogP contribution in [0.15, 0.2) is 0 Å². The number of hydrogen-bond acceptors (Lipinski definition) is 7. The van der Waals surface area contributed by atoms with Crippen LogP contribution in [0.4, 0.5) is 0 Å². The Labute approximate surface area is 405 Å². The quantitative estimate of drug-likeness (QED) is 0.104. The fourth-order valence-corrected chi connectivity index (χ4v) is 23.1. The van der Waals surface area contributed by atoms with Gasteiger partial charge in [-0.3, -0.25) is 0 Å². The minimum absolute atomic E-state index is 0. The van der Waals surface area contributed by atoms with Crippen LogP contribution in [0.25, 0.3) is 10.8 Å². The van der Waals surface area contributed by atoms with Gasteiger partial charge in [0.2, 0.25) is 0 Å². The van der Waals surface area contributed by atoms with Gasteiger partial charge in [-0.2, -0.15) is 0 Å². The molecule has 0 aliphatic heterocycles. The summed E-state index contributed by atoms with van der Waals surface area (Å²) in [4.78, 5) is 0. The van der Waals surface area contributed by atoms with Crippen LogP contribution in [-0.2, 0) is 145 Å². The van der Waals surface area contributed by atoms with Crippen LogP contribution < -0.4 is 0 Å². The first-order valence-corrected chi connectivity index (χ1v) is 30.2. The van der Waals surface area contributed by atoms with Gasteiger partial charge in [-0.1, -0.05) is 41.5 Å². The van der Waals surface area contributed by atoms with E-state index < -0.39 is 25.4 Å². The molecule has 0 aromatic heterocycles. The van der Waals surface area contributed by atoms with E-state index in [2.05, 4.69) is 169 Å². The van der Waals surface area contributed by atoms with E-state index in [1.165, 1.54) is 44.4 Å². The van der Waals surface area contributed by atoms with Crippen LogP contribution in [0.3, 0.4) is 0 Å². The monoisotopic (exact) mass is 1340 g/mol. The van der Waals surface area contributed by atoms with Gasteiger partial charge in [0.05, 0.1) is 20.6 Å². The molecule has 0 N–H and O–H groups in total. The Bertz CT molecular complexity index is 914. The summed E-state index contributed by atoms with van der Waals surface area (Å²) in [6.07, 6.45) is 2.00. The van der Waals surface area contributed by atoms with E-state index in [1.54, 1.807) is 13.8 Å². The number of rotatable bonds is 8. The molecular formula is C35H80N2O3P2Pt2S9Si-. The predicted molar refractivity (Wildman–Crippen MR) is 278 cm³/mol. The largest absolute Gasteiger partial charge is 2.00 e. The first-order valence-electron chi connectivity index (χ1n) is 16.6. The summed E-state index contributed by atoms with van der Waals surface area (Å²) in [7, 11) is 3.89. The van der Waals surface area contributed by atoms with Crippen molar-refractivity contribution in [3.05, 3.63) is 32.1 Å². The standard InChI is InChI=1S/2C12H26P.C6H15O3Si.2C2H4N.CH3.2Pt.S5.S4/c2*1-10(2,3)13(11(4,5)6)12(7,8)9;1-4-7-10(8-5-2)9-6-3;2*1-2-3;;;;1-3-5-4-2;1-3-4-2/h2*1H2,2-9H3;4-6H2,1-3H3;2*2H,1H3;1H3;;;;/q2*-1;;3*-1;;+2;;/p+2. The van der Waals surface area contributed by atoms with Gasteiger partial charge in [-0.15, -0.1) is 0 Å². The zero-order valence-corrected chi connectivity index (χ0v) is 52.5. The molecule has 0 spiro atoms. The minimum atomic E-state index is -1.40. The van der Waals surface area contributed by atoms with E-state index in [1.807, 2.05) is 20.8 Å². The van der Waals surface area contributed by atoms with E-state index in [0.29, 0.717) is 40.4 Å². The van der Waals surface area contributed by atoms with Crippen molar-refractivity contribution in [1.82, 2.24) is 0 Å². The second-order valence-corrected chi connectivity index (χ2v) is 36.3. The maximum Gasteiger partial charge on any atom is 2.00 e. The molecule has 5 nitrogen and oxygen atoms in total. The van der Waals surface area contributed by atoms with Crippen LogP contribution in [-0.4, -0.2) is 72.7 Å². The molecule has 337 valence electrons. The fourth-order valence-electron chi connectivity index (χ4n) is 6.80. The Morgan fingerprint density at radius 1 is 0.537 bits per heavy atom. The van der Waals surface area contributed by atoms with Crippen molar-refractivity contribution in [1.29, 1.82) is 0 Å². The Morgan fingerprint density at radius 2 is 0.704 bits per heavy atom. The van der Waals surface area contributed by atoms with Crippen molar-refractivity contribution < 1.29 is 55.4 Å². The van der Waals surface area contributed by atoms with Crippen molar-refractivity contribution in [3.63, 3.8) is 0 Å². The summed E-state index contributed by atoms with van der Waals surface area (Å²) in [6, 6.07) is 0. The van der Waals surface area contributed by atoms with Crippen LogP contribution >= 0.6 is 15.8 Å². The molecule has 0 heterocycles. The summed E-state index contributed by atoms with van der Waals surface area (Å²) >= 11 is 17.5. The summed E-state index contributed by atoms with van der Waals surface area (Å²) in [5.41, 5.74) is 0. The second-order valence-electron chi connectivity index (χ2n) is 15.9. The fraction of sp³-hybridized carbons (Fsp3) is 0.857. The maximum absolute atomic E-state index is 7.44. The van der Waals surface area contributed by atoms with Gasteiger partial charge in [0, 0.05) is 130 Å². The summed E-state index contributed by atoms with van der Waals surface area (Å²) in [5.74, 6) is 0. The third-order valence-corrected chi connectivity index (χ3v) is 22.2. The zero-order valence-electron chi connectivity index (χ0n) is 37.6. The third-order valence-electron chi connectivity index (χ3n) is 5.22. The molecule has 0 fully saturated rings. The molecule has 0 atom stereocenters. The summed E-state index contributed by atoms with van der Waals surface area (Å²) in [5, 5.41) is 17.1. The van der Waals surface area contributed by atoms with Crippen LogP contribution in [0.5, 0.6) is 0 Å². The van der Waals surface area contributed by atoms with Crippen molar-refractivity contribution in [2.45, 2.75) is 176 Å². The molecule has 0 aromatic carbocycles. The molecule has 0 bridgehead atoms. The van der Waals surface area contributed by atoms with Gasteiger partial charge >= 0.3 is 30.6 Å². The van der Waals surface area contributed by atoms with E-state index in [9.17, 15) is 0 Å². The predicted octanol–water partition coefficient (Wildman–Crippen LogP) is 11.6. The molecule has 0 unspecified atom stereocenters. The van der Waals surface area contributed by atoms with Crippen molar-refractivity contribution in [3.8, 4) is 0 Å². The molecule has 54 heavy (non-hydrogen) atoms. The van der Waals surface area contributed by atoms with E-state index in [4.69, 9.17) is 24.1 Å². The Balaban J connectivity index is -0.0000000555. The van der Waals surface area contributed by atoms with E-state index in [-0.39, 0.29) is 59.9 Å². The average Bonchev–Trinajstić information content (AvgIpc) is 2.86. The molecule has 0 saturated heterocycles. The summed E-state index contributed by atoms with van der Waals surface area (Å²) in [6.45, 7) is 57.1. The first-order chi connectivity index (χ1) is 22.7. The van der Waals surface area contributed by atoms with Crippen LogP contribution in [0.2, 0.25) is 0 Å². The number of hydrogen-bond donors (Lipinski definition) is 0. The van der Waals surface area contributed by atoms with Gasteiger partial charge < -0.3 is 45.4 Å². The van der Waals surface area contributed by atoms with Gasteiger partial charge in [0.25, 0.3) is 0 Å². The molecule has 19 heteroatoms. The molecule has 1 radical (unpaired) electrons. The second kappa shape index (κ2) is 46.2. The topological polar surface area (TPSA) is 72.3 Å². The molecule has 0 aliphatic carbocycles. The summed E-state index contributed by atoms with van der Waals surface area (Å²) < 4.78 is 15.5. The van der Waals surface area contributed by atoms with Crippen molar-refractivity contribution >= 4 is 127 Å². The van der Waals surface area contributed by atoms with E-state index >= 15 is 0 Å². The smallest absolute Gasteiger partial charge is 0.814 e. The van der Waals surface area contributed by atoms with Gasteiger partial charge in [-0.25, -0.2) is 12.4 Å². The Morgan fingerprint density at radius 3 is 0.741 bits per heavy atom. The molecule has 0 amide bonds. The molecular weight excluding hydrogens is 1270 g/mol. The molecule has 0 rings (SSSR count). The Hall–Kier alpha value is 3.65. The van der Waals surface area contributed by atoms with Crippen LogP contribution in [0, 0.1) is 21.3 Å². The molecule has 0 aromatic rings. The minimum Gasteiger partial charge on any atom is -0.814 e. The average molecular weight is 1350 g/mol. The van der Waals surface area contributed by atoms with Crippen molar-refractivity contribution in [2.75, 3.05) is 19.8 Å². The zero-order chi connectivity index (χ0) is 42.9. The van der Waals surface area contributed by atoms with Gasteiger partial charge in [0.15, 0.2) is 0 Å². The Kier molecular flexibility index (Phi) is 69.7.